The third-order valence-corrected chi connectivity index (χ3v) is 5.50. The quantitative estimate of drug-likeness (QED) is 0.543. The van der Waals surface area contributed by atoms with Gasteiger partial charge in [0.2, 0.25) is 5.91 Å². The smallest absolute Gasteiger partial charge is 0.253 e. The van der Waals surface area contributed by atoms with E-state index in [-0.39, 0.29) is 11.8 Å². The van der Waals surface area contributed by atoms with Crippen LogP contribution in [0.3, 0.4) is 0 Å². The fourth-order valence-corrected chi connectivity index (χ4v) is 3.62. The highest BCUT2D eigenvalue weighted by atomic mass is 16.5. The van der Waals surface area contributed by atoms with Crippen LogP contribution in [0, 0.1) is 5.92 Å². The highest BCUT2D eigenvalue weighted by molar-refractivity contribution is 6.02. The van der Waals surface area contributed by atoms with E-state index >= 15 is 0 Å². The predicted molar refractivity (Wildman–Crippen MR) is 119 cm³/mol. The summed E-state index contributed by atoms with van der Waals surface area (Å²) in [6, 6.07) is 5.68. The number of unbranched alkanes of at least 4 members (excludes halogenated alkanes) is 3. The largest absolute Gasteiger partial charge is 0.383 e. The van der Waals surface area contributed by atoms with Crippen molar-refractivity contribution >= 4 is 23.2 Å². The molecule has 1 saturated heterocycles. The number of hydrogen-bond donors (Lipinski definition) is 2. The summed E-state index contributed by atoms with van der Waals surface area (Å²) < 4.78 is 5.04. The Labute approximate surface area is 175 Å². The number of piperidine rings is 1. The maximum Gasteiger partial charge on any atom is 0.253 e. The number of carbonyl (C=O) groups is 2. The second-order valence-corrected chi connectivity index (χ2v) is 8.01. The van der Waals surface area contributed by atoms with E-state index in [1.54, 1.807) is 13.2 Å². The number of rotatable bonds is 11. The molecular weight excluding hydrogens is 366 g/mol. The van der Waals surface area contributed by atoms with Crippen LogP contribution in [0.4, 0.5) is 11.4 Å². The van der Waals surface area contributed by atoms with Crippen LogP contribution in [0.2, 0.25) is 0 Å². The summed E-state index contributed by atoms with van der Waals surface area (Å²) in [5.74, 6) is 0.595. The van der Waals surface area contributed by atoms with E-state index < -0.39 is 0 Å². The van der Waals surface area contributed by atoms with Crippen molar-refractivity contribution in [2.75, 3.05) is 43.6 Å². The van der Waals surface area contributed by atoms with Gasteiger partial charge in [-0.1, -0.05) is 33.1 Å². The van der Waals surface area contributed by atoms with Crippen LogP contribution in [-0.4, -0.2) is 45.2 Å². The molecule has 2 amide bonds. The van der Waals surface area contributed by atoms with Gasteiger partial charge in [0.15, 0.2) is 0 Å². The van der Waals surface area contributed by atoms with Crippen LogP contribution in [0.25, 0.3) is 0 Å². The van der Waals surface area contributed by atoms with E-state index in [4.69, 9.17) is 4.74 Å². The molecule has 0 unspecified atom stereocenters. The maximum atomic E-state index is 12.8. The van der Waals surface area contributed by atoms with Gasteiger partial charge in [-0.2, -0.15) is 0 Å². The van der Waals surface area contributed by atoms with Gasteiger partial charge in [-0.25, -0.2) is 0 Å². The lowest BCUT2D eigenvalue weighted by Crippen LogP contribution is -2.35. The number of nitrogens with one attached hydrogen (secondary N) is 2. The number of amides is 2. The Morgan fingerprint density at radius 1 is 1.17 bits per heavy atom. The molecule has 1 heterocycles. The van der Waals surface area contributed by atoms with Crippen LogP contribution in [0.15, 0.2) is 18.2 Å². The summed E-state index contributed by atoms with van der Waals surface area (Å²) in [5, 5.41) is 5.87. The molecule has 6 nitrogen and oxygen atoms in total. The first-order chi connectivity index (χ1) is 14.0. The predicted octanol–water partition coefficient (Wildman–Crippen LogP) is 4.21. The van der Waals surface area contributed by atoms with Gasteiger partial charge in [0.25, 0.3) is 5.91 Å². The third-order valence-electron chi connectivity index (χ3n) is 5.50. The van der Waals surface area contributed by atoms with Gasteiger partial charge < -0.3 is 20.3 Å². The maximum absolute atomic E-state index is 12.8. The molecule has 1 aromatic carbocycles. The molecule has 29 heavy (non-hydrogen) atoms. The summed E-state index contributed by atoms with van der Waals surface area (Å²) in [6.07, 6.45) is 7.04. The summed E-state index contributed by atoms with van der Waals surface area (Å²) in [4.78, 5) is 27.4. The van der Waals surface area contributed by atoms with Gasteiger partial charge >= 0.3 is 0 Å². The van der Waals surface area contributed by atoms with Crippen LogP contribution >= 0.6 is 0 Å². The molecule has 0 aliphatic carbocycles. The molecule has 0 spiro atoms. The number of hydrogen-bond acceptors (Lipinski definition) is 4. The lowest BCUT2D eigenvalue weighted by molar-refractivity contribution is -0.116. The van der Waals surface area contributed by atoms with E-state index in [2.05, 4.69) is 29.4 Å². The molecule has 0 aromatic heterocycles. The number of nitrogens with zero attached hydrogens (tertiary/aromatic N) is 1. The van der Waals surface area contributed by atoms with Crippen molar-refractivity contribution in [3.05, 3.63) is 23.8 Å². The fraction of sp³-hybridized carbons (Fsp3) is 0.652. The molecule has 1 aliphatic heterocycles. The summed E-state index contributed by atoms with van der Waals surface area (Å²) >= 11 is 0. The number of carbonyl (C=O) groups excluding carboxylic acids is 2. The number of benzene rings is 1. The van der Waals surface area contributed by atoms with Crippen LogP contribution in [0.1, 0.15) is 69.2 Å². The highest BCUT2D eigenvalue weighted by Crippen LogP contribution is 2.29. The van der Waals surface area contributed by atoms with E-state index in [9.17, 15) is 9.59 Å². The first-order valence-corrected chi connectivity index (χ1v) is 11.0. The summed E-state index contributed by atoms with van der Waals surface area (Å²) in [7, 11) is 1.61. The van der Waals surface area contributed by atoms with Crippen molar-refractivity contribution in [3.8, 4) is 0 Å². The van der Waals surface area contributed by atoms with E-state index in [1.807, 2.05) is 12.1 Å². The fourth-order valence-electron chi connectivity index (χ4n) is 3.62. The third kappa shape index (κ3) is 7.69. The number of ether oxygens (including phenoxy) is 1. The first-order valence-electron chi connectivity index (χ1n) is 11.0. The van der Waals surface area contributed by atoms with Crippen molar-refractivity contribution in [1.29, 1.82) is 0 Å². The van der Waals surface area contributed by atoms with Crippen molar-refractivity contribution in [2.45, 2.75) is 58.8 Å². The SMILES string of the molecule is CCCCCCC(=O)Nc1ccc(N2CCC(C)CC2)c(C(=O)NCCOC)c1. The van der Waals surface area contributed by atoms with Gasteiger partial charge in [0, 0.05) is 44.5 Å². The second kappa shape index (κ2) is 12.5. The van der Waals surface area contributed by atoms with Crippen LogP contribution < -0.4 is 15.5 Å². The molecule has 0 atom stereocenters. The van der Waals surface area contributed by atoms with Crippen molar-refractivity contribution in [1.82, 2.24) is 5.32 Å². The van der Waals surface area contributed by atoms with Gasteiger partial charge in [0.1, 0.15) is 0 Å². The van der Waals surface area contributed by atoms with Crippen molar-refractivity contribution in [3.63, 3.8) is 0 Å². The van der Waals surface area contributed by atoms with Crippen molar-refractivity contribution < 1.29 is 14.3 Å². The molecule has 1 fully saturated rings. The first kappa shape index (κ1) is 23.2. The van der Waals surface area contributed by atoms with Gasteiger partial charge in [-0.15, -0.1) is 0 Å². The molecule has 2 N–H and O–H groups in total. The molecule has 0 bridgehead atoms. The van der Waals surface area contributed by atoms with Crippen LogP contribution in [-0.2, 0) is 9.53 Å². The Bertz CT molecular complexity index is 655. The normalized spacial score (nSPS) is 14.7. The van der Waals surface area contributed by atoms with Gasteiger partial charge in [-0.05, 0) is 43.4 Å². The van der Waals surface area contributed by atoms with E-state index in [0.29, 0.717) is 30.8 Å². The summed E-state index contributed by atoms with van der Waals surface area (Å²) in [5.41, 5.74) is 2.23. The van der Waals surface area contributed by atoms with Crippen molar-refractivity contribution in [2.24, 2.45) is 5.92 Å². The lowest BCUT2D eigenvalue weighted by atomic mass is 9.97. The average molecular weight is 404 g/mol. The Morgan fingerprint density at radius 2 is 1.93 bits per heavy atom. The Kier molecular flexibility index (Phi) is 9.98. The molecule has 1 aromatic rings. The topological polar surface area (TPSA) is 70.7 Å². The zero-order valence-corrected chi connectivity index (χ0v) is 18.3. The molecule has 162 valence electrons. The molecule has 2 rings (SSSR count). The lowest BCUT2D eigenvalue weighted by Gasteiger charge is -2.33. The van der Waals surface area contributed by atoms with E-state index in [0.717, 1.165) is 63.2 Å². The Balaban J connectivity index is 2.10. The summed E-state index contributed by atoms with van der Waals surface area (Å²) in [6.45, 7) is 7.25. The number of anilines is 2. The highest BCUT2D eigenvalue weighted by Gasteiger charge is 2.21. The molecular formula is C23H37N3O3. The van der Waals surface area contributed by atoms with Gasteiger partial charge in [-0.3, -0.25) is 9.59 Å². The molecule has 0 radical (unpaired) electrons. The zero-order chi connectivity index (χ0) is 21.1. The molecule has 0 saturated carbocycles. The molecule has 1 aliphatic rings. The zero-order valence-electron chi connectivity index (χ0n) is 18.3. The van der Waals surface area contributed by atoms with Gasteiger partial charge in [0.05, 0.1) is 12.2 Å². The monoisotopic (exact) mass is 403 g/mol. The minimum Gasteiger partial charge on any atom is -0.383 e. The standard InChI is InChI=1S/C23H37N3O3/c1-4-5-6-7-8-22(27)25-19-9-10-21(26-14-11-18(2)12-15-26)20(17-19)23(28)24-13-16-29-3/h9-10,17-18H,4-8,11-16H2,1-3H3,(H,24,28)(H,25,27). The van der Waals surface area contributed by atoms with Crippen LogP contribution in [0.5, 0.6) is 0 Å². The van der Waals surface area contributed by atoms with E-state index in [1.165, 1.54) is 0 Å². The average Bonchev–Trinajstić information content (AvgIpc) is 2.72. The Hall–Kier alpha value is -2.08. The minimum absolute atomic E-state index is 0.00592. The number of methoxy groups -OCH3 is 1. The Morgan fingerprint density at radius 3 is 2.62 bits per heavy atom. The second-order valence-electron chi connectivity index (χ2n) is 8.01. The molecule has 6 heteroatoms. The minimum atomic E-state index is -0.130.